The van der Waals surface area contributed by atoms with Gasteiger partial charge in [0.15, 0.2) is 5.96 Å². The molecule has 40 heavy (non-hydrogen) atoms. The van der Waals surface area contributed by atoms with Gasteiger partial charge in [-0.1, -0.05) is 0 Å². The molecule has 9 nitrogen and oxygen atoms in total. The van der Waals surface area contributed by atoms with Gasteiger partial charge in [-0.15, -0.1) is 0 Å². The van der Waals surface area contributed by atoms with E-state index in [-0.39, 0.29) is 49.0 Å². The van der Waals surface area contributed by atoms with E-state index in [2.05, 4.69) is 26.2 Å². The van der Waals surface area contributed by atoms with E-state index in [1.54, 1.807) is 0 Å². The molecule has 230 valence electrons. The second-order valence-electron chi connectivity index (χ2n) is 12.5. The highest BCUT2D eigenvalue weighted by Gasteiger charge is 2.51. The molecule has 1 saturated carbocycles. The first-order valence-corrected chi connectivity index (χ1v) is 14.8. The fraction of sp³-hybridized carbons (Fsp3) is 0.962. The molecule has 7 unspecified atom stereocenters. The zero-order valence-electron chi connectivity index (χ0n) is 23.6. The van der Waals surface area contributed by atoms with E-state index in [9.17, 15) is 22.0 Å². The lowest BCUT2D eigenvalue weighted by Gasteiger charge is -2.45. The van der Waals surface area contributed by atoms with Crippen molar-refractivity contribution in [2.45, 2.75) is 108 Å². The molecule has 7 atom stereocenters. The maximum atomic E-state index is 13.5. The molecule has 0 bridgehead atoms. The van der Waals surface area contributed by atoms with Crippen LogP contribution in [-0.2, 0) is 4.74 Å². The number of nitrogens with one attached hydrogen (secondary N) is 5. The summed E-state index contributed by atoms with van der Waals surface area (Å²) in [5, 5.41) is 21.9. The van der Waals surface area contributed by atoms with Crippen LogP contribution < -0.4 is 21.3 Å². The summed E-state index contributed by atoms with van der Waals surface area (Å²) in [5.74, 6) is 0.749. The van der Waals surface area contributed by atoms with Gasteiger partial charge >= 0.3 is 12.8 Å². The predicted molar refractivity (Wildman–Crippen MR) is 140 cm³/mol. The van der Waals surface area contributed by atoms with Crippen molar-refractivity contribution in [1.82, 2.24) is 36.0 Å². The zero-order valence-corrected chi connectivity index (χ0v) is 23.6. The second-order valence-corrected chi connectivity index (χ2v) is 12.5. The van der Waals surface area contributed by atoms with Crippen LogP contribution >= 0.6 is 0 Å². The van der Waals surface area contributed by atoms with Crippen LogP contribution in [-0.4, -0.2) is 110 Å². The highest BCUT2D eigenvalue weighted by molar-refractivity contribution is 5.80. The molecule has 5 rings (SSSR count). The molecule has 0 spiro atoms. The quantitative estimate of drug-likeness (QED) is 0.294. The van der Waals surface area contributed by atoms with E-state index in [1.807, 2.05) is 30.7 Å². The minimum Gasteiger partial charge on any atom is -0.338 e. The average Bonchev–Trinajstić information content (AvgIpc) is 3.46. The summed E-state index contributed by atoms with van der Waals surface area (Å²) in [5.41, 5.74) is 0. The molecule has 0 radical (unpaired) electrons. The molecule has 14 heteroatoms. The third-order valence-electron chi connectivity index (χ3n) is 9.80. The normalized spacial score (nSPS) is 40.0. The van der Waals surface area contributed by atoms with E-state index < -0.39 is 25.1 Å². The number of guanidine groups is 1. The first-order chi connectivity index (χ1) is 18.9. The Balaban J connectivity index is 1.20. The molecule has 5 fully saturated rings. The van der Waals surface area contributed by atoms with Crippen LogP contribution in [0.1, 0.15) is 52.4 Å². The molecule has 4 aliphatic heterocycles. The summed E-state index contributed by atoms with van der Waals surface area (Å²) >= 11 is 0. The lowest BCUT2D eigenvalue weighted by Crippen LogP contribution is -2.69. The third kappa shape index (κ3) is 6.22. The van der Waals surface area contributed by atoms with Crippen LogP contribution in [0.15, 0.2) is 0 Å². The Kier molecular flexibility index (Phi) is 9.13. The molecule has 5 N–H and O–H groups in total. The number of nitrogens with zero attached hydrogens (tertiary/aromatic N) is 3. The topological polar surface area (TPSA) is 90.9 Å². The van der Waals surface area contributed by atoms with Crippen LogP contribution in [0.25, 0.3) is 0 Å². The summed E-state index contributed by atoms with van der Waals surface area (Å²) in [7, 11) is 1.91. The first-order valence-electron chi connectivity index (χ1n) is 14.8. The molecule has 0 aromatic carbocycles. The fourth-order valence-electron chi connectivity index (χ4n) is 7.59. The Bertz CT molecular complexity index is 873. The molecule has 5 aliphatic rings. The fourth-order valence-corrected chi connectivity index (χ4v) is 7.59. The standard InChI is InChI=1S/C26H45F5N8O/c1-14(2)38-13-19(26(29,30)31)35-21(38)16-8-6-15(7-9-16)12-39-22-18(37(3)25(39)32)11-34-20(36-22)17-5-4-10-33-23(17)40-24(27)28/h14-24,32-36H,4-13H2,1-3H3. The van der Waals surface area contributed by atoms with Gasteiger partial charge in [0, 0.05) is 38.6 Å². The molecular weight excluding hydrogens is 535 g/mol. The SMILES string of the molecule is CC(C)N1CC(C(F)(F)F)NC1C1CCC(CN2C(=N)N(C)C3CNC(C4CCCNC4OC(F)F)NC32)CC1. The van der Waals surface area contributed by atoms with Gasteiger partial charge in [-0.25, -0.2) is 0 Å². The van der Waals surface area contributed by atoms with Crippen LogP contribution in [0.5, 0.6) is 0 Å². The number of hydrogen-bond donors (Lipinski definition) is 5. The highest BCUT2D eigenvalue weighted by Crippen LogP contribution is 2.38. The Hall–Kier alpha value is -1.32. The van der Waals surface area contributed by atoms with Crippen molar-refractivity contribution in [3.63, 3.8) is 0 Å². The van der Waals surface area contributed by atoms with Crippen molar-refractivity contribution in [2.75, 3.05) is 33.2 Å². The third-order valence-corrected chi connectivity index (χ3v) is 9.80. The lowest BCUT2D eigenvalue weighted by atomic mass is 9.80. The van der Waals surface area contributed by atoms with Gasteiger partial charge in [0.2, 0.25) is 0 Å². The van der Waals surface area contributed by atoms with Crippen molar-refractivity contribution >= 4 is 5.96 Å². The summed E-state index contributed by atoms with van der Waals surface area (Å²) in [6.45, 7) is 3.00. The van der Waals surface area contributed by atoms with Gasteiger partial charge in [-0.3, -0.25) is 31.6 Å². The number of fused-ring (bicyclic) bond motifs is 1. The minimum atomic E-state index is -4.25. The minimum absolute atomic E-state index is 0.00724. The van der Waals surface area contributed by atoms with Crippen molar-refractivity contribution in [3.8, 4) is 0 Å². The maximum absolute atomic E-state index is 13.5. The van der Waals surface area contributed by atoms with Crippen LogP contribution in [0.2, 0.25) is 0 Å². The van der Waals surface area contributed by atoms with Crippen molar-refractivity contribution in [1.29, 1.82) is 5.41 Å². The number of alkyl halides is 5. The lowest BCUT2D eigenvalue weighted by molar-refractivity contribution is -0.195. The molecule has 4 saturated heterocycles. The van der Waals surface area contributed by atoms with Gasteiger partial charge in [-0.05, 0) is 70.8 Å². The second kappa shape index (κ2) is 12.1. The number of rotatable bonds is 7. The Morgan fingerprint density at radius 2 is 1.75 bits per heavy atom. The number of halogens is 5. The molecule has 0 aromatic rings. The predicted octanol–water partition coefficient (Wildman–Crippen LogP) is 2.32. The van der Waals surface area contributed by atoms with Gasteiger partial charge in [-0.2, -0.15) is 22.0 Å². The van der Waals surface area contributed by atoms with Gasteiger partial charge in [0.05, 0.1) is 18.4 Å². The number of ether oxygens (including phenoxy) is 1. The summed E-state index contributed by atoms with van der Waals surface area (Å²) in [4.78, 5) is 6.01. The molecular formula is C26H45F5N8O. The maximum Gasteiger partial charge on any atom is 0.405 e. The molecule has 0 amide bonds. The largest absolute Gasteiger partial charge is 0.405 e. The summed E-state index contributed by atoms with van der Waals surface area (Å²) < 4.78 is 71.5. The van der Waals surface area contributed by atoms with Crippen LogP contribution in [0, 0.1) is 23.2 Å². The van der Waals surface area contributed by atoms with E-state index in [1.165, 1.54) is 0 Å². The van der Waals surface area contributed by atoms with Crippen LogP contribution in [0.3, 0.4) is 0 Å². The molecule has 0 aromatic heterocycles. The van der Waals surface area contributed by atoms with E-state index >= 15 is 0 Å². The number of likely N-dealkylation sites (N-methyl/N-ethyl adjacent to an activating group) is 1. The van der Waals surface area contributed by atoms with Crippen LogP contribution in [0.4, 0.5) is 22.0 Å². The van der Waals surface area contributed by atoms with E-state index in [0.717, 1.165) is 38.5 Å². The Morgan fingerprint density at radius 3 is 2.40 bits per heavy atom. The van der Waals surface area contributed by atoms with Crippen molar-refractivity contribution < 1.29 is 26.7 Å². The van der Waals surface area contributed by atoms with E-state index in [4.69, 9.17) is 10.1 Å². The zero-order chi connectivity index (χ0) is 28.8. The van der Waals surface area contributed by atoms with Gasteiger partial charge in [0.1, 0.15) is 18.4 Å². The Morgan fingerprint density at radius 1 is 1.02 bits per heavy atom. The van der Waals surface area contributed by atoms with Gasteiger partial charge in [0.25, 0.3) is 0 Å². The number of hydrogen-bond acceptors (Lipinski definition) is 7. The monoisotopic (exact) mass is 580 g/mol. The van der Waals surface area contributed by atoms with Crippen molar-refractivity contribution in [2.24, 2.45) is 17.8 Å². The summed E-state index contributed by atoms with van der Waals surface area (Å²) in [6.07, 6.45) is -0.515. The average molecular weight is 581 g/mol. The molecule has 1 aliphatic carbocycles. The summed E-state index contributed by atoms with van der Waals surface area (Å²) in [6, 6.07) is -1.42. The smallest absolute Gasteiger partial charge is 0.338 e. The Labute approximate surface area is 233 Å². The first kappa shape index (κ1) is 30.1. The highest BCUT2D eigenvalue weighted by atomic mass is 19.4. The molecule has 4 heterocycles. The van der Waals surface area contributed by atoms with E-state index in [0.29, 0.717) is 31.5 Å². The van der Waals surface area contributed by atoms with Crippen molar-refractivity contribution in [3.05, 3.63) is 0 Å². The number of piperidine rings is 1. The van der Waals surface area contributed by atoms with Gasteiger partial charge < -0.3 is 14.5 Å².